The molecule has 1 N–H and O–H groups in total. The molecule has 2 heterocycles. The molecule has 3 aliphatic rings. The van der Waals surface area contributed by atoms with Crippen molar-refractivity contribution < 1.29 is 14.3 Å². The second-order valence-corrected chi connectivity index (χ2v) is 14.1. The number of carboxylic acid groups (broad SMARTS) is 1. The molecule has 1 aromatic heterocycles. The van der Waals surface area contributed by atoms with E-state index >= 15 is 0 Å². The van der Waals surface area contributed by atoms with Crippen molar-refractivity contribution in [1.29, 1.82) is 0 Å². The summed E-state index contributed by atoms with van der Waals surface area (Å²) in [5.74, 6) is 0.723. The maximum atomic E-state index is 14.3. The van der Waals surface area contributed by atoms with Gasteiger partial charge in [0, 0.05) is 36.0 Å². The molecular weight excluding hydrogens is 557 g/mol. The molecule has 2 saturated carbocycles. The standard InChI is InChI=1S/C36H46FN3O2S/c1-3-40-35(22-31(38-40)17-24-9-11-32(43-2)12-10-24)26-13-15-39(16-14-26)23-29-19-28(34(36(41)42)18-25-7-8-25)21-33(29)27-5-4-6-30(37)20-27/h4-6,9-12,20,22,25-26,28-29,33-34H,3,7-8,13-19,21,23H2,1-2H3,(H,41,42)/t28?,29?,33-,34?/m1/s1. The predicted octanol–water partition coefficient (Wildman–Crippen LogP) is 7.85. The Kier molecular flexibility index (Phi) is 9.58. The molecule has 2 aromatic carbocycles. The highest BCUT2D eigenvalue weighted by molar-refractivity contribution is 7.98. The lowest BCUT2D eigenvalue weighted by Crippen LogP contribution is -2.37. The molecule has 6 rings (SSSR count). The molecule has 7 heteroatoms. The Morgan fingerprint density at radius 2 is 1.84 bits per heavy atom. The van der Waals surface area contributed by atoms with Crippen molar-refractivity contribution in [2.24, 2.45) is 23.7 Å². The molecule has 3 aromatic rings. The molecule has 1 saturated heterocycles. The number of likely N-dealkylation sites (tertiary alicyclic amines) is 1. The monoisotopic (exact) mass is 603 g/mol. The van der Waals surface area contributed by atoms with E-state index in [9.17, 15) is 14.3 Å². The van der Waals surface area contributed by atoms with Gasteiger partial charge in [0.15, 0.2) is 0 Å². The van der Waals surface area contributed by atoms with Gasteiger partial charge in [-0.05, 0) is 124 Å². The number of nitrogens with zero attached hydrogens (tertiary/aromatic N) is 3. The fourth-order valence-electron chi connectivity index (χ4n) is 7.90. The van der Waals surface area contributed by atoms with E-state index in [-0.39, 0.29) is 23.6 Å². The predicted molar refractivity (Wildman–Crippen MR) is 171 cm³/mol. The van der Waals surface area contributed by atoms with Crippen LogP contribution in [0.25, 0.3) is 0 Å². The maximum Gasteiger partial charge on any atom is 0.306 e. The summed E-state index contributed by atoms with van der Waals surface area (Å²) in [5.41, 5.74) is 4.84. The topological polar surface area (TPSA) is 58.4 Å². The molecule has 3 fully saturated rings. The highest BCUT2D eigenvalue weighted by atomic mass is 32.2. The molecule has 5 nitrogen and oxygen atoms in total. The zero-order valence-electron chi connectivity index (χ0n) is 25.6. The van der Waals surface area contributed by atoms with E-state index in [1.165, 1.54) is 35.1 Å². The first kappa shape index (κ1) is 30.4. The third kappa shape index (κ3) is 7.37. The van der Waals surface area contributed by atoms with Crippen LogP contribution in [0.15, 0.2) is 59.5 Å². The summed E-state index contributed by atoms with van der Waals surface area (Å²) in [6.07, 6.45) is 10.1. The molecule has 0 bridgehead atoms. The van der Waals surface area contributed by atoms with Crippen LogP contribution in [0.1, 0.15) is 86.2 Å². The van der Waals surface area contributed by atoms with Gasteiger partial charge >= 0.3 is 5.97 Å². The average Bonchev–Trinajstić information content (AvgIpc) is 3.61. The van der Waals surface area contributed by atoms with Gasteiger partial charge in [-0.25, -0.2) is 4.39 Å². The zero-order chi connectivity index (χ0) is 29.9. The average molecular weight is 604 g/mol. The third-order valence-electron chi connectivity index (χ3n) is 10.4. The molecule has 4 atom stereocenters. The molecule has 1 aliphatic heterocycles. The molecule has 3 unspecified atom stereocenters. The van der Waals surface area contributed by atoms with Gasteiger partial charge in [-0.2, -0.15) is 5.10 Å². The summed E-state index contributed by atoms with van der Waals surface area (Å²) in [7, 11) is 0. The normalized spacial score (nSPS) is 23.9. The van der Waals surface area contributed by atoms with Crippen LogP contribution in [0, 0.1) is 29.5 Å². The number of aliphatic carboxylic acids is 1. The quantitative estimate of drug-likeness (QED) is 0.214. The van der Waals surface area contributed by atoms with Gasteiger partial charge < -0.3 is 10.0 Å². The van der Waals surface area contributed by atoms with Crippen molar-refractivity contribution >= 4 is 17.7 Å². The fraction of sp³-hybridized carbons (Fsp3) is 0.556. The Hall–Kier alpha value is -2.64. The second kappa shape index (κ2) is 13.6. The number of hydrogen-bond acceptors (Lipinski definition) is 4. The van der Waals surface area contributed by atoms with Crippen LogP contribution in [0.3, 0.4) is 0 Å². The van der Waals surface area contributed by atoms with Crippen LogP contribution in [-0.4, -0.2) is 51.6 Å². The lowest BCUT2D eigenvalue weighted by atomic mass is 9.85. The number of carboxylic acids is 1. The Balaban J connectivity index is 1.11. The van der Waals surface area contributed by atoms with E-state index in [0.29, 0.717) is 17.8 Å². The van der Waals surface area contributed by atoms with E-state index < -0.39 is 5.97 Å². The van der Waals surface area contributed by atoms with Crippen molar-refractivity contribution in [1.82, 2.24) is 14.7 Å². The highest BCUT2D eigenvalue weighted by Crippen LogP contribution is 2.49. The number of benzene rings is 2. The lowest BCUT2D eigenvalue weighted by molar-refractivity contribution is -0.144. The molecule has 0 spiro atoms. The number of halogens is 1. The molecule has 230 valence electrons. The smallest absolute Gasteiger partial charge is 0.306 e. The summed E-state index contributed by atoms with van der Waals surface area (Å²) in [6, 6.07) is 18.2. The summed E-state index contributed by atoms with van der Waals surface area (Å²) < 4.78 is 16.5. The first-order valence-corrected chi connectivity index (χ1v) is 17.5. The summed E-state index contributed by atoms with van der Waals surface area (Å²) in [5, 5.41) is 15.1. The van der Waals surface area contributed by atoms with Crippen LogP contribution in [0.4, 0.5) is 4.39 Å². The van der Waals surface area contributed by atoms with E-state index in [0.717, 1.165) is 76.0 Å². The molecule has 43 heavy (non-hydrogen) atoms. The van der Waals surface area contributed by atoms with Crippen LogP contribution in [0.5, 0.6) is 0 Å². The largest absolute Gasteiger partial charge is 0.481 e. The van der Waals surface area contributed by atoms with Crippen molar-refractivity contribution in [3.8, 4) is 0 Å². The molecule has 2 aliphatic carbocycles. The van der Waals surface area contributed by atoms with Gasteiger partial charge in [0.2, 0.25) is 0 Å². The number of thioether (sulfide) groups is 1. The number of aryl methyl sites for hydroxylation is 1. The molecule has 0 radical (unpaired) electrons. The number of piperidine rings is 1. The van der Waals surface area contributed by atoms with Gasteiger partial charge in [0.05, 0.1) is 11.6 Å². The first-order chi connectivity index (χ1) is 20.9. The highest BCUT2D eigenvalue weighted by Gasteiger charge is 2.43. The van der Waals surface area contributed by atoms with Crippen molar-refractivity contribution in [2.45, 2.75) is 81.6 Å². The van der Waals surface area contributed by atoms with Gasteiger partial charge in [0.1, 0.15) is 5.82 Å². The number of carbonyl (C=O) groups is 1. The van der Waals surface area contributed by atoms with Gasteiger partial charge in [-0.1, -0.05) is 37.1 Å². The minimum Gasteiger partial charge on any atom is -0.481 e. The van der Waals surface area contributed by atoms with Gasteiger partial charge in [0.25, 0.3) is 0 Å². The van der Waals surface area contributed by atoms with E-state index in [1.807, 2.05) is 12.1 Å². The molecule has 0 amide bonds. The van der Waals surface area contributed by atoms with Crippen LogP contribution in [-0.2, 0) is 17.8 Å². The van der Waals surface area contributed by atoms with Crippen molar-refractivity contribution in [3.63, 3.8) is 0 Å². The van der Waals surface area contributed by atoms with Crippen LogP contribution >= 0.6 is 11.8 Å². The summed E-state index contributed by atoms with van der Waals surface area (Å²) in [4.78, 5) is 16.2. The first-order valence-electron chi connectivity index (χ1n) is 16.3. The van der Waals surface area contributed by atoms with Gasteiger partial charge in [-0.15, -0.1) is 11.8 Å². The number of rotatable bonds is 12. The Morgan fingerprint density at radius 1 is 1.07 bits per heavy atom. The van der Waals surface area contributed by atoms with Crippen LogP contribution in [0.2, 0.25) is 0 Å². The zero-order valence-corrected chi connectivity index (χ0v) is 26.4. The Morgan fingerprint density at radius 3 is 2.49 bits per heavy atom. The fourth-order valence-corrected chi connectivity index (χ4v) is 8.31. The van der Waals surface area contributed by atoms with E-state index in [4.69, 9.17) is 5.10 Å². The van der Waals surface area contributed by atoms with Crippen molar-refractivity contribution in [3.05, 3.63) is 82.9 Å². The van der Waals surface area contributed by atoms with Gasteiger partial charge in [-0.3, -0.25) is 9.48 Å². The third-order valence-corrected chi connectivity index (χ3v) is 11.1. The summed E-state index contributed by atoms with van der Waals surface area (Å²) >= 11 is 1.77. The van der Waals surface area contributed by atoms with Crippen LogP contribution < -0.4 is 0 Å². The van der Waals surface area contributed by atoms with E-state index in [2.05, 4.69) is 53.1 Å². The number of aromatic nitrogens is 2. The van der Waals surface area contributed by atoms with Crippen molar-refractivity contribution in [2.75, 3.05) is 25.9 Å². The minimum absolute atomic E-state index is 0.170. The summed E-state index contributed by atoms with van der Waals surface area (Å²) in [6.45, 7) is 6.09. The second-order valence-electron chi connectivity index (χ2n) is 13.3. The lowest BCUT2D eigenvalue weighted by Gasteiger charge is -2.35. The Bertz CT molecular complexity index is 1380. The Labute approximate surface area is 260 Å². The number of hydrogen-bond donors (Lipinski definition) is 1. The minimum atomic E-state index is -0.639. The molecular formula is C36H46FN3O2S. The van der Waals surface area contributed by atoms with E-state index in [1.54, 1.807) is 17.8 Å². The SMILES string of the molecule is CCn1nc(Cc2ccc(SC)cc2)cc1C1CCN(CC2CC(C(CC3CC3)C(=O)O)C[C@@H]2c2cccc(F)c2)CC1. The maximum absolute atomic E-state index is 14.3.